The Kier molecular flexibility index (Phi) is 11.0. The first kappa shape index (κ1) is 18.5. The number of hydrogen-bond donors (Lipinski definition) is 0. The van der Waals surface area contributed by atoms with E-state index < -0.39 is 0 Å². The summed E-state index contributed by atoms with van der Waals surface area (Å²) in [5.74, 6) is 2.60. The van der Waals surface area contributed by atoms with Crippen LogP contribution in [0.25, 0.3) is 0 Å². The molecule has 0 heterocycles. The van der Waals surface area contributed by atoms with Gasteiger partial charge in [-0.05, 0) is 31.1 Å². The quantitative estimate of drug-likeness (QED) is 0.361. The van der Waals surface area contributed by atoms with Gasteiger partial charge in [-0.1, -0.05) is 90.5 Å². The van der Waals surface area contributed by atoms with Crippen molar-refractivity contribution in [2.24, 2.45) is 17.8 Å². The molecule has 0 nitrogen and oxygen atoms in total. The maximum atomic E-state index is 3.89. The van der Waals surface area contributed by atoms with Crippen LogP contribution in [0.4, 0.5) is 0 Å². The molecule has 0 radical (unpaired) electrons. The molecule has 0 aromatic rings. The molecule has 0 saturated carbocycles. The summed E-state index contributed by atoms with van der Waals surface area (Å²) in [7, 11) is 0. The fraction of sp³-hybridized carbons (Fsp3) is 0.789. The van der Waals surface area contributed by atoms with Crippen LogP contribution >= 0.6 is 0 Å². The summed E-state index contributed by atoms with van der Waals surface area (Å²) in [6.07, 6.45) is 14.0. The molecule has 0 fully saturated rings. The minimum Gasteiger partial charge on any atom is -0.0961 e. The number of hydrogen-bond acceptors (Lipinski definition) is 0. The second-order valence-electron chi connectivity index (χ2n) is 6.95. The van der Waals surface area contributed by atoms with Gasteiger partial charge in [0.2, 0.25) is 0 Å². The Bertz CT molecular complexity index is 247. The van der Waals surface area contributed by atoms with E-state index in [1.165, 1.54) is 44.9 Å². The summed E-state index contributed by atoms with van der Waals surface area (Å²) in [5.41, 5.74) is 1.16. The topological polar surface area (TPSA) is 0 Å². The Labute approximate surface area is 122 Å². The van der Waals surface area contributed by atoms with E-state index in [1.807, 2.05) is 0 Å². The predicted molar refractivity (Wildman–Crippen MR) is 89.4 cm³/mol. The zero-order chi connectivity index (χ0) is 14.7. The van der Waals surface area contributed by atoms with Crippen molar-refractivity contribution in [1.82, 2.24) is 0 Å². The first-order valence-electron chi connectivity index (χ1n) is 8.23. The second kappa shape index (κ2) is 11.3. The minimum absolute atomic E-state index is 0.818. The van der Waals surface area contributed by atoms with Crippen molar-refractivity contribution < 1.29 is 0 Å². The Hall–Kier alpha value is -0.520. The molecule has 0 saturated heterocycles. The summed E-state index contributed by atoms with van der Waals surface area (Å²) < 4.78 is 0. The van der Waals surface area contributed by atoms with Crippen molar-refractivity contribution in [3.05, 3.63) is 24.3 Å². The Balaban J connectivity index is 3.52. The summed E-state index contributed by atoms with van der Waals surface area (Å²) in [6.45, 7) is 15.4. The molecular formula is C19H36. The van der Waals surface area contributed by atoms with E-state index in [0.29, 0.717) is 0 Å². The van der Waals surface area contributed by atoms with Gasteiger partial charge >= 0.3 is 0 Å². The van der Waals surface area contributed by atoms with Gasteiger partial charge in [0.15, 0.2) is 0 Å². The van der Waals surface area contributed by atoms with E-state index in [9.17, 15) is 0 Å². The lowest BCUT2D eigenvalue weighted by Gasteiger charge is -2.14. The fourth-order valence-electron chi connectivity index (χ4n) is 2.45. The summed E-state index contributed by atoms with van der Waals surface area (Å²) in [6, 6.07) is 0. The van der Waals surface area contributed by atoms with Crippen LogP contribution < -0.4 is 0 Å². The van der Waals surface area contributed by atoms with E-state index in [0.717, 1.165) is 23.3 Å². The Morgan fingerprint density at radius 3 is 1.95 bits per heavy atom. The van der Waals surface area contributed by atoms with Gasteiger partial charge in [-0.2, -0.15) is 0 Å². The van der Waals surface area contributed by atoms with E-state index in [2.05, 4.69) is 53.3 Å². The Morgan fingerprint density at radius 1 is 0.895 bits per heavy atom. The number of allylic oxidation sites excluding steroid dienone is 3. The van der Waals surface area contributed by atoms with Crippen molar-refractivity contribution in [1.29, 1.82) is 0 Å². The normalized spacial score (nSPS) is 15.1. The predicted octanol–water partition coefficient (Wildman–Crippen LogP) is 6.78. The summed E-state index contributed by atoms with van der Waals surface area (Å²) >= 11 is 0. The van der Waals surface area contributed by atoms with Crippen LogP contribution in [0, 0.1) is 17.8 Å². The molecule has 0 heteroatoms. The molecule has 0 aromatic heterocycles. The van der Waals surface area contributed by atoms with Crippen molar-refractivity contribution in [3.8, 4) is 0 Å². The summed E-state index contributed by atoms with van der Waals surface area (Å²) in [5, 5.41) is 0. The number of rotatable bonds is 11. The molecule has 19 heavy (non-hydrogen) atoms. The molecular weight excluding hydrogens is 228 g/mol. The third kappa shape index (κ3) is 13.7. The molecule has 0 aromatic carbocycles. The van der Waals surface area contributed by atoms with Crippen molar-refractivity contribution in [2.75, 3.05) is 0 Å². The highest BCUT2D eigenvalue weighted by molar-refractivity contribution is 5.10. The second-order valence-corrected chi connectivity index (χ2v) is 6.95. The molecule has 0 rings (SSSR count). The van der Waals surface area contributed by atoms with Crippen LogP contribution in [-0.4, -0.2) is 0 Å². The van der Waals surface area contributed by atoms with Gasteiger partial charge in [0.05, 0.1) is 0 Å². The smallest absolute Gasteiger partial charge is 0.0322 e. The van der Waals surface area contributed by atoms with Crippen LogP contribution in [-0.2, 0) is 0 Å². The van der Waals surface area contributed by atoms with Crippen molar-refractivity contribution in [2.45, 2.75) is 79.6 Å². The van der Waals surface area contributed by atoms with Crippen molar-refractivity contribution >= 4 is 0 Å². The first-order valence-corrected chi connectivity index (χ1v) is 8.23. The molecule has 2 atom stereocenters. The van der Waals surface area contributed by atoms with Gasteiger partial charge in [-0.25, -0.2) is 0 Å². The monoisotopic (exact) mass is 264 g/mol. The standard InChI is InChI=1S/C19H36/c1-16(2)10-7-12-18(5)14-9-15-19(6)13-8-11-17(3)4/h7,10,17-19H,1,8-9,11-15H2,2-6H3/b10-7+/t18-,19+/m0/s1. The zero-order valence-electron chi connectivity index (χ0n) is 14.0. The van der Waals surface area contributed by atoms with Gasteiger partial charge < -0.3 is 0 Å². The lowest BCUT2D eigenvalue weighted by molar-refractivity contribution is 0.401. The molecule has 112 valence electrons. The highest BCUT2D eigenvalue weighted by Gasteiger charge is 2.05. The van der Waals surface area contributed by atoms with E-state index in [-0.39, 0.29) is 0 Å². The Morgan fingerprint density at radius 2 is 1.42 bits per heavy atom. The van der Waals surface area contributed by atoms with Gasteiger partial charge in [0.1, 0.15) is 0 Å². The van der Waals surface area contributed by atoms with Gasteiger partial charge in [-0.15, -0.1) is 0 Å². The zero-order valence-corrected chi connectivity index (χ0v) is 14.0. The van der Waals surface area contributed by atoms with E-state index in [1.54, 1.807) is 0 Å². The minimum atomic E-state index is 0.818. The molecule has 0 aliphatic heterocycles. The van der Waals surface area contributed by atoms with Crippen LogP contribution in [0.5, 0.6) is 0 Å². The largest absolute Gasteiger partial charge is 0.0961 e. The van der Waals surface area contributed by atoms with Gasteiger partial charge in [-0.3, -0.25) is 0 Å². The molecule has 0 aliphatic carbocycles. The SMILES string of the molecule is C=C(C)/C=C/C[C@H](C)CCC[C@H](C)CCCC(C)C. The third-order valence-electron chi connectivity index (χ3n) is 3.81. The van der Waals surface area contributed by atoms with Crippen molar-refractivity contribution in [3.63, 3.8) is 0 Å². The van der Waals surface area contributed by atoms with Crippen LogP contribution in [0.1, 0.15) is 79.6 Å². The highest BCUT2D eigenvalue weighted by atomic mass is 14.1. The highest BCUT2D eigenvalue weighted by Crippen LogP contribution is 2.20. The average Bonchev–Trinajstić information content (AvgIpc) is 2.27. The average molecular weight is 264 g/mol. The molecule has 0 unspecified atom stereocenters. The summed E-state index contributed by atoms with van der Waals surface area (Å²) in [4.78, 5) is 0. The van der Waals surface area contributed by atoms with Crippen LogP contribution in [0.3, 0.4) is 0 Å². The third-order valence-corrected chi connectivity index (χ3v) is 3.81. The van der Waals surface area contributed by atoms with Crippen LogP contribution in [0.15, 0.2) is 24.3 Å². The van der Waals surface area contributed by atoms with E-state index >= 15 is 0 Å². The van der Waals surface area contributed by atoms with Gasteiger partial charge in [0.25, 0.3) is 0 Å². The molecule has 0 spiro atoms. The first-order chi connectivity index (χ1) is 8.91. The lowest BCUT2D eigenvalue weighted by atomic mass is 9.92. The van der Waals surface area contributed by atoms with Gasteiger partial charge in [0, 0.05) is 0 Å². The fourth-order valence-corrected chi connectivity index (χ4v) is 2.45. The lowest BCUT2D eigenvalue weighted by Crippen LogP contribution is -1.99. The molecule has 0 bridgehead atoms. The maximum absolute atomic E-state index is 3.89. The molecule has 0 amide bonds. The molecule has 0 aliphatic rings. The molecule has 0 N–H and O–H groups in total. The maximum Gasteiger partial charge on any atom is -0.0322 e. The van der Waals surface area contributed by atoms with Crippen LogP contribution in [0.2, 0.25) is 0 Å². The van der Waals surface area contributed by atoms with E-state index in [4.69, 9.17) is 0 Å².